The Morgan fingerprint density at radius 3 is 1.31 bits per heavy atom. The number of allylic oxidation sites excluding steroid dienone is 7. The van der Waals surface area contributed by atoms with E-state index < -0.39 is 0 Å². The Kier molecular flexibility index (Phi) is 13.8. The highest BCUT2D eigenvalue weighted by Crippen LogP contribution is 2.56. The molecule has 10 aromatic carbocycles. The van der Waals surface area contributed by atoms with Crippen molar-refractivity contribution in [1.82, 2.24) is 0 Å². The summed E-state index contributed by atoms with van der Waals surface area (Å²) in [7, 11) is 0. The second-order valence-electron chi connectivity index (χ2n) is 24.7. The smallest absolute Gasteiger partial charge is 0.0462 e. The van der Waals surface area contributed by atoms with Gasteiger partial charge in [-0.15, -0.1) is 0 Å². The Bertz CT molecular complexity index is 4250. The summed E-state index contributed by atoms with van der Waals surface area (Å²) in [6.07, 6.45) is 24.3. The van der Waals surface area contributed by atoms with Crippen LogP contribution >= 0.6 is 0 Å². The van der Waals surface area contributed by atoms with Gasteiger partial charge in [0.15, 0.2) is 0 Å². The minimum atomic E-state index is -0.148. The third-order valence-electron chi connectivity index (χ3n) is 18.5. The molecule has 0 spiro atoms. The molecular weight excluding hydrogens is 1020 g/mol. The summed E-state index contributed by atoms with van der Waals surface area (Å²) in [5, 5.41) is 0. The molecule has 85 heavy (non-hydrogen) atoms. The quantitative estimate of drug-likeness (QED) is 0.106. The highest BCUT2D eigenvalue weighted by atomic mass is 15.1. The molecule has 0 heterocycles. The molecular formula is C83H70N2. The summed E-state index contributed by atoms with van der Waals surface area (Å²) >= 11 is 0. The van der Waals surface area contributed by atoms with Crippen molar-refractivity contribution in [3.05, 3.63) is 335 Å². The summed E-state index contributed by atoms with van der Waals surface area (Å²) in [6.45, 7) is 12.0. The Balaban J connectivity index is 0.637. The maximum atomic E-state index is 2.58. The van der Waals surface area contributed by atoms with Gasteiger partial charge in [0.05, 0.1) is 0 Å². The summed E-state index contributed by atoms with van der Waals surface area (Å²) in [4.78, 5) is 4.65. The van der Waals surface area contributed by atoms with Crippen molar-refractivity contribution in [2.45, 2.75) is 57.8 Å². The van der Waals surface area contributed by atoms with Crippen LogP contribution in [-0.2, 0) is 10.8 Å². The second-order valence-corrected chi connectivity index (χ2v) is 24.7. The maximum Gasteiger partial charge on any atom is 0.0462 e. The Labute approximate surface area is 503 Å². The van der Waals surface area contributed by atoms with Crippen LogP contribution < -0.4 is 9.80 Å². The fourth-order valence-electron chi connectivity index (χ4n) is 13.7. The van der Waals surface area contributed by atoms with E-state index in [-0.39, 0.29) is 10.8 Å². The van der Waals surface area contributed by atoms with Crippen LogP contribution in [0.3, 0.4) is 0 Å². The molecule has 3 unspecified atom stereocenters. The summed E-state index contributed by atoms with van der Waals surface area (Å²) < 4.78 is 0. The Morgan fingerprint density at radius 1 is 0.388 bits per heavy atom. The van der Waals surface area contributed by atoms with E-state index in [4.69, 9.17) is 0 Å². The van der Waals surface area contributed by atoms with Gasteiger partial charge in [0.25, 0.3) is 0 Å². The standard InChI is InChI=1S/C83H70N2/c1-57-16-15-23-73(52-57)85(70-21-13-8-14-22-70)72-46-34-61(35-47-72)27-25-59-30-38-63(39-31-59)65-41-49-75-77-51-43-67(56-81(77)83(4,5)79(75)54-65)66-42-50-76-74-48-40-64(53-78(74)82(2,3)80(76)55-66)62-36-28-58(29-37-62)24-26-60-32-44-71(45-33-60)84(68-17-9-6-10-18-68)69-19-11-7-12-20-69/h6-15,17-57,77,81H,16H2,1-5H3/b26-24+,27-25+. The molecule has 0 saturated carbocycles. The van der Waals surface area contributed by atoms with Gasteiger partial charge in [-0.3, -0.25) is 0 Å². The van der Waals surface area contributed by atoms with Crippen LogP contribution in [-0.4, -0.2) is 0 Å². The van der Waals surface area contributed by atoms with Crippen molar-refractivity contribution in [2.75, 3.05) is 9.80 Å². The van der Waals surface area contributed by atoms with Gasteiger partial charge in [-0.25, -0.2) is 0 Å². The number of anilines is 5. The van der Waals surface area contributed by atoms with Crippen LogP contribution in [0.25, 0.3) is 63.3 Å². The third-order valence-corrected chi connectivity index (χ3v) is 18.5. The van der Waals surface area contributed by atoms with Gasteiger partial charge < -0.3 is 9.80 Å². The van der Waals surface area contributed by atoms with Crippen molar-refractivity contribution in [3.8, 4) is 33.4 Å². The molecule has 0 N–H and O–H groups in total. The number of hydrogen-bond donors (Lipinski definition) is 0. The van der Waals surface area contributed by atoms with E-state index in [0.29, 0.717) is 17.8 Å². The molecule has 10 aromatic rings. The van der Waals surface area contributed by atoms with Crippen molar-refractivity contribution < 1.29 is 0 Å². The largest absolute Gasteiger partial charge is 0.311 e. The van der Waals surface area contributed by atoms with E-state index in [1.54, 1.807) is 0 Å². The minimum Gasteiger partial charge on any atom is -0.311 e. The molecule has 3 atom stereocenters. The molecule has 412 valence electrons. The first-order valence-corrected chi connectivity index (χ1v) is 30.3. The monoisotopic (exact) mass is 1090 g/mol. The van der Waals surface area contributed by atoms with Gasteiger partial charge in [0, 0.05) is 45.5 Å². The normalized spacial score (nSPS) is 17.7. The van der Waals surface area contributed by atoms with Gasteiger partial charge in [-0.05, 0) is 192 Å². The molecule has 4 aliphatic carbocycles. The Morgan fingerprint density at radius 2 is 0.800 bits per heavy atom. The van der Waals surface area contributed by atoms with Gasteiger partial charge in [0.1, 0.15) is 0 Å². The van der Waals surface area contributed by atoms with Gasteiger partial charge in [-0.1, -0.05) is 259 Å². The zero-order valence-corrected chi connectivity index (χ0v) is 49.2. The molecule has 0 fully saturated rings. The SMILES string of the molecule is CC1C=C(N(c2ccccc2)c2ccc(/C=C/c3ccc(-c4ccc5c(c4)C(C)(C)C4C=C(c6ccc7c(c6)C(C)(C)c6cc(-c8ccc(/C=C/c9ccc(N(c%10ccccc%10)c%10ccccc%10)cc9)cc8)ccc6-7)C=CC54)cc3)cc2)C=CC1. The van der Waals surface area contributed by atoms with Crippen LogP contribution in [0.2, 0.25) is 0 Å². The van der Waals surface area contributed by atoms with Crippen LogP contribution in [0, 0.1) is 11.8 Å². The maximum absolute atomic E-state index is 2.58. The molecule has 0 saturated heterocycles. The molecule has 2 heteroatoms. The average Bonchev–Trinajstić information content (AvgIpc) is 1.84. The number of fused-ring (bicyclic) bond motifs is 6. The number of hydrogen-bond acceptors (Lipinski definition) is 2. The van der Waals surface area contributed by atoms with Crippen molar-refractivity contribution >= 4 is 58.3 Å². The minimum absolute atomic E-state index is 0.0385. The third kappa shape index (κ3) is 10.3. The topological polar surface area (TPSA) is 6.48 Å². The molecule has 2 nitrogen and oxygen atoms in total. The number of rotatable bonds is 13. The molecule has 0 aromatic heterocycles. The molecule has 4 aliphatic rings. The lowest BCUT2D eigenvalue weighted by Gasteiger charge is -2.31. The first kappa shape index (κ1) is 53.3. The van der Waals surface area contributed by atoms with Crippen molar-refractivity contribution in [1.29, 1.82) is 0 Å². The van der Waals surface area contributed by atoms with E-state index in [2.05, 4.69) is 348 Å². The van der Waals surface area contributed by atoms with Crippen LogP contribution in [0.15, 0.2) is 285 Å². The van der Waals surface area contributed by atoms with E-state index in [1.807, 2.05) is 0 Å². The van der Waals surface area contributed by atoms with Gasteiger partial charge in [0.2, 0.25) is 0 Å². The first-order valence-electron chi connectivity index (χ1n) is 30.3. The van der Waals surface area contributed by atoms with E-state index in [9.17, 15) is 0 Å². The van der Waals surface area contributed by atoms with Crippen molar-refractivity contribution in [2.24, 2.45) is 11.8 Å². The molecule has 0 amide bonds. The highest BCUT2D eigenvalue weighted by molar-refractivity contribution is 5.88. The molecule has 14 rings (SSSR count). The summed E-state index contributed by atoms with van der Waals surface area (Å²) in [5.74, 6) is 1.22. The number of benzene rings is 10. The van der Waals surface area contributed by atoms with E-state index in [1.165, 1.54) is 94.8 Å². The molecule has 0 aliphatic heterocycles. The summed E-state index contributed by atoms with van der Waals surface area (Å²) in [6, 6.07) is 89.1. The lowest BCUT2D eigenvalue weighted by atomic mass is 9.72. The predicted molar refractivity (Wildman–Crippen MR) is 363 cm³/mol. The van der Waals surface area contributed by atoms with E-state index in [0.717, 1.165) is 34.7 Å². The second kappa shape index (κ2) is 22.1. The summed E-state index contributed by atoms with van der Waals surface area (Å²) in [5.41, 5.74) is 27.4. The molecule has 0 radical (unpaired) electrons. The van der Waals surface area contributed by atoms with Crippen LogP contribution in [0.4, 0.5) is 28.4 Å². The fourth-order valence-corrected chi connectivity index (χ4v) is 13.7. The Hall–Kier alpha value is -9.76. The zero-order chi connectivity index (χ0) is 57.7. The zero-order valence-electron chi connectivity index (χ0n) is 49.2. The van der Waals surface area contributed by atoms with Crippen molar-refractivity contribution in [3.63, 3.8) is 0 Å². The van der Waals surface area contributed by atoms with Gasteiger partial charge >= 0.3 is 0 Å². The lowest BCUT2D eigenvalue weighted by Crippen LogP contribution is -2.25. The highest BCUT2D eigenvalue weighted by Gasteiger charge is 2.45. The van der Waals surface area contributed by atoms with Crippen LogP contribution in [0.1, 0.15) is 97.0 Å². The predicted octanol–water partition coefficient (Wildman–Crippen LogP) is 22.4. The van der Waals surface area contributed by atoms with E-state index >= 15 is 0 Å². The van der Waals surface area contributed by atoms with Crippen LogP contribution in [0.5, 0.6) is 0 Å². The lowest BCUT2D eigenvalue weighted by molar-refractivity contribution is 0.395. The number of para-hydroxylation sites is 3. The average molecular weight is 1100 g/mol. The molecule has 0 bridgehead atoms. The first-order chi connectivity index (χ1) is 41.5. The van der Waals surface area contributed by atoms with Gasteiger partial charge in [-0.2, -0.15) is 0 Å². The fraction of sp³-hybridized carbons (Fsp3) is 0.133. The number of nitrogens with zero attached hydrogens (tertiary/aromatic N) is 2.